The highest BCUT2D eigenvalue weighted by Gasteiger charge is 2.30. The molecule has 188 valence electrons. The van der Waals surface area contributed by atoms with Crippen molar-refractivity contribution in [2.75, 3.05) is 0 Å². The van der Waals surface area contributed by atoms with E-state index in [-0.39, 0.29) is 29.2 Å². The van der Waals surface area contributed by atoms with Gasteiger partial charge in [-0.1, -0.05) is 43.6 Å². The van der Waals surface area contributed by atoms with Gasteiger partial charge in [-0.2, -0.15) is 14.7 Å². The summed E-state index contributed by atoms with van der Waals surface area (Å²) in [5.74, 6) is 0.296. The lowest BCUT2D eigenvalue weighted by Gasteiger charge is -2.35. The number of amides is 1. The van der Waals surface area contributed by atoms with Crippen LogP contribution in [0.2, 0.25) is 5.15 Å². The van der Waals surface area contributed by atoms with Crippen molar-refractivity contribution < 1.29 is 14.5 Å². The van der Waals surface area contributed by atoms with E-state index in [0.29, 0.717) is 11.3 Å². The number of nitrogens with zero attached hydrogens (tertiary/aromatic N) is 7. The predicted octanol–water partition coefficient (Wildman–Crippen LogP) is 5.40. The molecule has 0 radical (unpaired) electrons. The zero-order valence-electron chi connectivity index (χ0n) is 20.5. The Morgan fingerprint density at radius 1 is 1.22 bits per heavy atom. The van der Waals surface area contributed by atoms with Gasteiger partial charge in [-0.15, -0.1) is 0 Å². The van der Waals surface area contributed by atoms with Crippen LogP contribution in [0.15, 0.2) is 48.9 Å². The van der Waals surface area contributed by atoms with Crippen LogP contribution in [0.3, 0.4) is 0 Å². The third-order valence-corrected chi connectivity index (χ3v) is 5.82. The molecule has 0 fully saturated rings. The maximum absolute atomic E-state index is 13.5. The summed E-state index contributed by atoms with van der Waals surface area (Å²) in [5.41, 5.74) is 1.97. The zero-order valence-corrected chi connectivity index (χ0v) is 21.3. The van der Waals surface area contributed by atoms with Crippen molar-refractivity contribution in [2.24, 2.45) is 0 Å². The number of para-hydroxylation sites is 1. The molecule has 0 saturated carbocycles. The molecule has 4 rings (SSSR count). The number of benzene rings is 1. The standard InChI is InChI=1S/C24H26ClN7O4/c1-15(2)18-12-27-31-21(10-20(25)28-22(18)31)36-23(33)29(24(3,4)5)13-16-8-6-7-9-19(16)30-14-17(11-26-30)32(34)35/h6-12,14-15H,13H2,1-5H3. The van der Waals surface area contributed by atoms with Crippen molar-refractivity contribution >= 4 is 29.0 Å². The topological polar surface area (TPSA) is 121 Å². The average molecular weight is 512 g/mol. The summed E-state index contributed by atoms with van der Waals surface area (Å²) in [7, 11) is 0. The molecule has 3 aromatic heterocycles. The highest BCUT2D eigenvalue weighted by atomic mass is 35.5. The number of nitro groups is 1. The summed E-state index contributed by atoms with van der Waals surface area (Å²) < 4.78 is 8.67. The van der Waals surface area contributed by atoms with E-state index in [1.807, 2.05) is 46.8 Å². The number of carbonyl (C=O) groups is 1. The Labute approximate surface area is 212 Å². The Hall–Kier alpha value is -3.99. The first kappa shape index (κ1) is 25.1. The molecule has 0 spiro atoms. The van der Waals surface area contributed by atoms with Gasteiger partial charge in [-0.3, -0.25) is 15.0 Å². The third-order valence-electron chi connectivity index (χ3n) is 5.63. The summed E-state index contributed by atoms with van der Waals surface area (Å²) in [6, 6.07) is 8.68. The molecule has 1 aromatic carbocycles. The van der Waals surface area contributed by atoms with Crippen LogP contribution in [0.5, 0.6) is 5.88 Å². The van der Waals surface area contributed by atoms with E-state index in [9.17, 15) is 14.9 Å². The molecule has 11 nitrogen and oxygen atoms in total. The molecule has 0 N–H and O–H groups in total. The Balaban J connectivity index is 1.68. The summed E-state index contributed by atoms with van der Waals surface area (Å²) in [6.45, 7) is 9.83. The molecule has 1 amide bonds. The van der Waals surface area contributed by atoms with Crippen LogP contribution >= 0.6 is 11.6 Å². The van der Waals surface area contributed by atoms with Crippen molar-refractivity contribution in [1.29, 1.82) is 0 Å². The van der Waals surface area contributed by atoms with Gasteiger partial charge >= 0.3 is 11.8 Å². The van der Waals surface area contributed by atoms with Gasteiger partial charge in [-0.05, 0) is 38.3 Å². The second-order valence-electron chi connectivity index (χ2n) is 9.56. The molecular formula is C24H26ClN7O4. The second-order valence-corrected chi connectivity index (χ2v) is 9.95. The van der Waals surface area contributed by atoms with Gasteiger partial charge < -0.3 is 4.74 Å². The fraction of sp³-hybridized carbons (Fsp3) is 0.333. The van der Waals surface area contributed by atoms with Gasteiger partial charge in [0.15, 0.2) is 5.65 Å². The minimum Gasteiger partial charge on any atom is -0.391 e. The van der Waals surface area contributed by atoms with Gasteiger partial charge in [0.25, 0.3) is 0 Å². The molecular weight excluding hydrogens is 486 g/mol. The van der Waals surface area contributed by atoms with Gasteiger partial charge in [0, 0.05) is 17.2 Å². The maximum atomic E-state index is 13.5. The fourth-order valence-electron chi connectivity index (χ4n) is 3.70. The number of hydrogen-bond donors (Lipinski definition) is 0. The molecule has 0 atom stereocenters. The molecule has 0 aliphatic rings. The number of fused-ring (bicyclic) bond motifs is 1. The van der Waals surface area contributed by atoms with Crippen molar-refractivity contribution in [3.63, 3.8) is 0 Å². The first-order valence-corrected chi connectivity index (χ1v) is 11.6. The van der Waals surface area contributed by atoms with E-state index < -0.39 is 16.6 Å². The van der Waals surface area contributed by atoms with E-state index in [1.165, 1.54) is 27.7 Å². The predicted molar refractivity (Wildman–Crippen MR) is 134 cm³/mol. The molecule has 3 heterocycles. The monoisotopic (exact) mass is 511 g/mol. The Bertz CT molecular complexity index is 1440. The Morgan fingerprint density at radius 2 is 1.94 bits per heavy atom. The van der Waals surface area contributed by atoms with Crippen LogP contribution in [0.1, 0.15) is 51.7 Å². The molecule has 0 bridgehead atoms. The number of hydrogen-bond acceptors (Lipinski definition) is 7. The van der Waals surface area contributed by atoms with Crippen LogP contribution in [-0.2, 0) is 6.54 Å². The van der Waals surface area contributed by atoms with E-state index in [2.05, 4.69) is 15.2 Å². The van der Waals surface area contributed by atoms with Gasteiger partial charge in [0.2, 0.25) is 5.88 Å². The SMILES string of the molecule is CC(C)c1cnn2c(OC(=O)N(Cc3ccccc3-n3cc([N+](=O)[O-])cn3)C(C)(C)C)cc(Cl)nc12. The molecule has 36 heavy (non-hydrogen) atoms. The van der Waals surface area contributed by atoms with Crippen LogP contribution < -0.4 is 4.74 Å². The fourth-order valence-corrected chi connectivity index (χ4v) is 3.88. The highest BCUT2D eigenvalue weighted by Crippen LogP contribution is 2.28. The van der Waals surface area contributed by atoms with Crippen molar-refractivity contribution in [3.05, 3.63) is 75.3 Å². The average Bonchev–Trinajstić information content (AvgIpc) is 3.44. The van der Waals surface area contributed by atoms with Gasteiger partial charge in [0.05, 0.1) is 23.4 Å². The van der Waals surface area contributed by atoms with E-state index in [1.54, 1.807) is 23.2 Å². The Kier molecular flexibility index (Phi) is 6.68. The summed E-state index contributed by atoms with van der Waals surface area (Å²) >= 11 is 6.24. The van der Waals surface area contributed by atoms with Crippen molar-refractivity contribution in [2.45, 2.75) is 52.6 Å². The lowest BCUT2D eigenvalue weighted by atomic mass is 10.0. The minimum absolute atomic E-state index is 0.129. The number of aromatic nitrogens is 5. The lowest BCUT2D eigenvalue weighted by Crippen LogP contribution is -2.46. The molecule has 12 heteroatoms. The summed E-state index contributed by atoms with van der Waals surface area (Å²) in [4.78, 5) is 30.0. The largest absolute Gasteiger partial charge is 0.417 e. The maximum Gasteiger partial charge on any atom is 0.417 e. The molecule has 0 aliphatic carbocycles. The minimum atomic E-state index is -0.635. The van der Waals surface area contributed by atoms with Crippen molar-refractivity contribution in [3.8, 4) is 11.6 Å². The first-order chi connectivity index (χ1) is 17.0. The summed E-state index contributed by atoms with van der Waals surface area (Å²) in [5, 5.41) is 19.8. The smallest absolute Gasteiger partial charge is 0.391 e. The quantitative estimate of drug-likeness (QED) is 0.193. The number of ether oxygens (including phenoxy) is 1. The van der Waals surface area contributed by atoms with Gasteiger partial charge in [-0.25, -0.2) is 14.5 Å². The molecule has 0 unspecified atom stereocenters. The Morgan fingerprint density at radius 3 is 2.58 bits per heavy atom. The van der Waals surface area contributed by atoms with E-state index in [0.717, 1.165) is 11.1 Å². The van der Waals surface area contributed by atoms with Crippen LogP contribution in [0.4, 0.5) is 10.5 Å². The number of carbonyl (C=O) groups excluding carboxylic acids is 1. The van der Waals surface area contributed by atoms with Crippen LogP contribution in [0.25, 0.3) is 11.3 Å². The highest BCUT2D eigenvalue weighted by molar-refractivity contribution is 6.29. The molecule has 0 aliphatic heterocycles. The van der Waals surface area contributed by atoms with E-state index >= 15 is 0 Å². The van der Waals surface area contributed by atoms with Crippen molar-refractivity contribution in [1.82, 2.24) is 29.3 Å². The second kappa shape index (κ2) is 9.57. The first-order valence-electron chi connectivity index (χ1n) is 11.3. The molecule has 0 saturated heterocycles. The number of halogens is 1. The lowest BCUT2D eigenvalue weighted by molar-refractivity contribution is -0.384. The van der Waals surface area contributed by atoms with Gasteiger partial charge in [0.1, 0.15) is 17.5 Å². The molecule has 4 aromatic rings. The summed E-state index contributed by atoms with van der Waals surface area (Å²) in [6.07, 6.45) is 3.58. The number of rotatable bonds is 6. The van der Waals surface area contributed by atoms with Crippen LogP contribution in [-0.4, -0.2) is 45.8 Å². The van der Waals surface area contributed by atoms with Crippen LogP contribution in [0, 0.1) is 10.1 Å². The third kappa shape index (κ3) is 5.01. The van der Waals surface area contributed by atoms with E-state index in [4.69, 9.17) is 16.3 Å². The normalized spacial score (nSPS) is 11.8. The zero-order chi connectivity index (χ0) is 26.2.